The van der Waals surface area contributed by atoms with Gasteiger partial charge in [-0.15, -0.1) is 0 Å². The Hall–Kier alpha value is -0.810. The Kier molecular flexibility index (Phi) is 7.46. The Morgan fingerprint density at radius 2 is 2.10 bits per heavy atom. The summed E-state index contributed by atoms with van der Waals surface area (Å²) in [6.45, 7) is 11.3. The zero-order chi connectivity index (χ0) is 15.9. The summed E-state index contributed by atoms with van der Waals surface area (Å²) in [6, 6.07) is 0.100. The van der Waals surface area contributed by atoms with Crippen LogP contribution in [-0.4, -0.2) is 54.4 Å². The van der Waals surface area contributed by atoms with E-state index < -0.39 is 0 Å². The third-order valence-electron chi connectivity index (χ3n) is 4.07. The van der Waals surface area contributed by atoms with Gasteiger partial charge in [-0.2, -0.15) is 0 Å². The molecule has 2 atom stereocenters. The van der Waals surface area contributed by atoms with Crippen molar-refractivity contribution in [3.63, 3.8) is 0 Å². The first-order valence-corrected chi connectivity index (χ1v) is 8.25. The van der Waals surface area contributed by atoms with Crippen molar-refractivity contribution in [3.05, 3.63) is 0 Å². The normalized spacial score (nSPS) is 21.9. The molecule has 0 radical (unpaired) electrons. The number of aliphatic hydroxyl groups excluding tert-OH is 1. The lowest BCUT2D eigenvalue weighted by molar-refractivity contribution is 0.151. The van der Waals surface area contributed by atoms with Crippen LogP contribution < -0.4 is 10.6 Å². The summed E-state index contributed by atoms with van der Waals surface area (Å²) >= 11 is 0. The van der Waals surface area contributed by atoms with E-state index in [9.17, 15) is 9.90 Å². The molecule has 21 heavy (non-hydrogen) atoms. The minimum atomic E-state index is -0.182. The van der Waals surface area contributed by atoms with Crippen molar-refractivity contribution in [1.29, 1.82) is 0 Å². The number of rotatable bonds is 6. The molecule has 1 fully saturated rings. The highest BCUT2D eigenvalue weighted by Crippen LogP contribution is 2.20. The number of aliphatic hydroxyl groups is 1. The van der Waals surface area contributed by atoms with Crippen molar-refractivity contribution in [2.75, 3.05) is 26.2 Å². The molecule has 1 aliphatic rings. The van der Waals surface area contributed by atoms with Crippen LogP contribution in [0.2, 0.25) is 0 Å². The first-order chi connectivity index (χ1) is 9.85. The minimum Gasteiger partial charge on any atom is -0.394 e. The number of hydrogen-bond acceptors (Lipinski definition) is 3. The molecule has 1 aliphatic heterocycles. The van der Waals surface area contributed by atoms with Crippen molar-refractivity contribution >= 4 is 6.03 Å². The molecule has 1 heterocycles. The average molecular weight is 299 g/mol. The van der Waals surface area contributed by atoms with Gasteiger partial charge in [0.05, 0.1) is 12.6 Å². The predicted molar refractivity (Wildman–Crippen MR) is 86.4 cm³/mol. The lowest BCUT2D eigenvalue weighted by Crippen LogP contribution is -2.51. The molecule has 0 aliphatic carbocycles. The number of urea groups is 1. The van der Waals surface area contributed by atoms with Gasteiger partial charge in [-0.3, -0.25) is 4.90 Å². The van der Waals surface area contributed by atoms with Gasteiger partial charge in [-0.25, -0.2) is 4.79 Å². The van der Waals surface area contributed by atoms with Crippen LogP contribution in [0.5, 0.6) is 0 Å². The van der Waals surface area contributed by atoms with E-state index >= 15 is 0 Å². The van der Waals surface area contributed by atoms with E-state index in [2.05, 4.69) is 43.2 Å². The van der Waals surface area contributed by atoms with Gasteiger partial charge in [0.25, 0.3) is 0 Å². The summed E-state index contributed by atoms with van der Waals surface area (Å²) < 4.78 is 0. The maximum Gasteiger partial charge on any atom is 0.315 e. The van der Waals surface area contributed by atoms with Crippen LogP contribution in [0.4, 0.5) is 4.79 Å². The number of amides is 2. The number of likely N-dealkylation sites (N-methyl/N-ethyl adjacent to an activating group) is 1. The van der Waals surface area contributed by atoms with Gasteiger partial charge in [-0.05, 0) is 37.8 Å². The Morgan fingerprint density at radius 3 is 2.67 bits per heavy atom. The van der Waals surface area contributed by atoms with Gasteiger partial charge in [0, 0.05) is 12.6 Å². The lowest BCUT2D eigenvalue weighted by Gasteiger charge is -2.35. The van der Waals surface area contributed by atoms with Gasteiger partial charge in [-0.1, -0.05) is 34.1 Å². The fourth-order valence-corrected chi connectivity index (χ4v) is 3.05. The standard InChI is InChI=1S/C16H33N3O2/c1-5-19-9-7-6-8-14(19)11-17-15(21)18-13(12-20)10-16(2,3)4/h13-14,20H,5-12H2,1-4H3,(H2,17,18,21). The van der Waals surface area contributed by atoms with Crippen LogP contribution in [-0.2, 0) is 0 Å². The third-order valence-corrected chi connectivity index (χ3v) is 4.07. The van der Waals surface area contributed by atoms with E-state index in [-0.39, 0.29) is 24.1 Å². The predicted octanol–water partition coefficient (Wildman–Crippen LogP) is 1.96. The molecule has 0 aromatic carbocycles. The summed E-state index contributed by atoms with van der Waals surface area (Å²) in [6.07, 6.45) is 4.42. The Bertz CT molecular complexity index is 315. The molecule has 0 spiro atoms. The van der Waals surface area contributed by atoms with E-state index in [1.165, 1.54) is 12.8 Å². The molecule has 3 N–H and O–H groups in total. The summed E-state index contributed by atoms with van der Waals surface area (Å²) in [5, 5.41) is 15.2. The van der Waals surface area contributed by atoms with Gasteiger partial charge in [0.1, 0.15) is 0 Å². The largest absolute Gasteiger partial charge is 0.394 e. The Labute approximate surface area is 129 Å². The second-order valence-corrected chi connectivity index (χ2v) is 7.28. The molecule has 5 heteroatoms. The molecule has 1 rings (SSSR count). The van der Waals surface area contributed by atoms with Crippen molar-refractivity contribution < 1.29 is 9.90 Å². The number of nitrogens with one attached hydrogen (secondary N) is 2. The van der Waals surface area contributed by atoms with Crippen LogP contribution in [0.3, 0.4) is 0 Å². The topological polar surface area (TPSA) is 64.6 Å². The van der Waals surface area contributed by atoms with Gasteiger partial charge in [0.2, 0.25) is 0 Å². The first-order valence-electron chi connectivity index (χ1n) is 8.25. The highest BCUT2D eigenvalue weighted by Gasteiger charge is 2.23. The monoisotopic (exact) mass is 299 g/mol. The van der Waals surface area contributed by atoms with Crippen molar-refractivity contribution in [1.82, 2.24) is 15.5 Å². The maximum absolute atomic E-state index is 12.0. The van der Waals surface area contributed by atoms with E-state index in [1.54, 1.807) is 0 Å². The van der Waals surface area contributed by atoms with Crippen LogP contribution in [0, 0.1) is 5.41 Å². The molecular formula is C16H33N3O2. The maximum atomic E-state index is 12.0. The van der Waals surface area contributed by atoms with Gasteiger partial charge in [0.15, 0.2) is 0 Å². The van der Waals surface area contributed by atoms with Crippen LogP contribution in [0.1, 0.15) is 53.4 Å². The summed E-state index contributed by atoms with van der Waals surface area (Å²) in [5.74, 6) is 0. The number of hydrogen-bond donors (Lipinski definition) is 3. The quantitative estimate of drug-likeness (QED) is 0.702. The summed E-state index contributed by atoms with van der Waals surface area (Å²) in [4.78, 5) is 14.4. The van der Waals surface area contributed by atoms with E-state index in [1.807, 2.05) is 0 Å². The van der Waals surface area contributed by atoms with Gasteiger partial charge < -0.3 is 15.7 Å². The van der Waals surface area contributed by atoms with E-state index in [0.717, 1.165) is 25.9 Å². The lowest BCUT2D eigenvalue weighted by atomic mass is 9.88. The fraction of sp³-hybridized carbons (Fsp3) is 0.938. The molecule has 124 valence electrons. The molecular weight excluding hydrogens is 266 g/mol. The van der Waals surface area contributed by atoms with E-state index in [0.29, 0.717) is 12.6 Å². The van der Waals surface area contributed by atoms with Crippen molar-refractivity contribution in [2.45, 2.75) is 65.5 Å². The zero-order valence-electron chi connectivity index (χ0n) is 14.1. The second-order valence-electron chi connectivity index (χ2n) is 7.28. The Morgan fingerprint density at radius 1 is 1.38 bits per heavy atom. The summed E-state index contributed by atoms with van der Waals surface area (Å²) in [5.41, 5.74) is 0.0864. The molecule has 0 aromatic rings. The first kappa shape index (κ1) is 18.2. The van der Waals surface area contributed by atoms with Crippen molar-refractivity contribution in [2.24, 2.45) is 5.41 Å². The van der Waals surface area contributed by atoms with Crippen molar-refractivity contribution in [3.8, 4) is 0 Å². The second kappa shape index (κ2) is 8.59. The van der Waals surface area contributed by atoms with Crippen LogP contribution in [0.25, 0.3) is 0 Å². The number of carbonyl (C=O) groups excluding carboxylic acids is 1. The number of carbonyl (C=O) groups is 1. The zero-order valence-corrected chi connectivity index (χ0v) is 14.1. The molecule has 0 saturated carbocycles. The van der Waals surface area contributed by atoms with Crippen LogP contribution >= 0.6 is 0 Å². The highest BCUT2D eigenvalue weighted by molar-refractivity contribution is 5.74. The summed E-state index contributed by atoms with van der Waals surface area (Å²) in [7, 11) is 0. The average Bonchev–Trinajstić information content (AvgIpc) is 2.43. The number of piperidine rings is 1. The molecule has 1 saturated heterocycles. The van der Waals surface area contributed by atoms with E-state index in [4.69, 9.17) is 0 Å². The molecule has 2 amide bonds. The fourth-order valence-electron chi connectivity index (χ4n) is 3.05. The smallest absolute Gasteiger partial charge is 0.315 e. The molecule has 5 nitrogen and oxygen atoms in total. The SMILES string of the molecule is CCN1CCCCC1CNC(=O)NC(CO)CC(C)(C)C. The Balaban J connectivity index is 2.35. The highest BCUT2D eigenvalue weighted by atomic mass is 16.3. The molecule has 2 unspecified atom stereocenters. The third kappa shape index (κ3) is 7.14. The minimum absolute atomic E-state index is 0.0186. The van der Waals surface area contributed by atoms with Gasteiger partial charge >= 0.3 is 6.03 Å². The number of nitrogens with zero attached hydrogens (tertiary/aromatic N) is 1. The molecule has 0 bridgehead atoms. The molecule has 0 aromatic heterocycles. The number of likely N-dealkylation sites (tertiary alicyclic amines) is 1. The van der Waals surface area contributed by atoms with Crippen LogP contribution in [0.15, 0.2) is 0 Å².